The predicted molar refractivity (Wildman–Crippen MR) is 129 cm³/mol. The van der Waals surface area contributed by atoms with Crippen molar-refractivity contribution in [2.24, 2.45) is 4.99 Å². The number of nitrogens with one attached hydrogen (secondary N) is 2. The Labute approximate surface area is 191 Å². The fourth-order valence-corrected chi connectivity index (χ4v) is 3.81. The maximum absolute atomic E-state index is 12.6. The summed E-state index contributed by atoms with van der Waals surface area (Å²) in [5.74, 6) is 0.462. The molecule has 0 radical (unpaired) electrons. The molecule has 1 aliphatic rings. The van der Waals surface area contributed by atoms with Crippen LogP contribution in [0.3, 0.4) is 0 Å². The van der Waals surface area contributed by atoms with Gasteiger partial charge in [0.05, 0.1) is 17.5 Å². The van der Waals surface area contributed by atoms with Crippen LogP contribution < -0.4 is 26.6 Å². The van der Waals surface area contributed by atoms with Gasteiger partial charge in [0, 0.05) is 12.2 Å². The Morgan fingerprint density at radius 2 is 2.00 bits per heavy atom. The first-order chi connectivity index (χ1) is 15.8. The van der Waals surface area contributed by atoms with Crippen molar-refractivity contribution in [2.75, 3.05) is 16.8 Å². The van der Waals surface area contributed by atoms with Crippen LogP contribution >= 0.6 is 0 Å². The van der Waals surface area contributed by atoms with Crippen molar-refractivity contribution in [3.8, 4) is 0 Å². The highest BCUT2D eigenvalue weighted by Gasteiger charge is 2.24. The number of hydrogen-bond acceptors (Lipinski definition) is 6. The van der Waals surface area contributed by atoms with E-state index in [0.29, 0.717) is 23.7 Å². The zero-order chi connectivity index (χ0) is 23.5. The molecule has 0 fully saturated rings. The number of aromatic amines is 1. The molecular weight excluding hydrogens is 418 g/mol. The molecule has 8 nitrogen and oxygen atoms in total. The highest BCUT2D eigenvalue weighted by molar-refractivity contribution is 5.89. The van der Waals surface area contributed by atoms with Crippen molar-refractivity contribution in [3.05, 3.63) is 74.8 Å². The summed E-state index contributed by atoms with van der Waals surface area (Å²) in [4.78, 5) is 38.5. The number of aromatic nitrogens is 2. The van der Waals surface area contributed by atoms with Crippen LogP contribution in [0.2, 0.25) is 0 Å². The third-order valence-electron chi connectivity index (χ3n) is 5.30. The van der Waals surface area contributed by atoms with Crippen molar-refractivity contribution in [3.63, 3.8) is 0 Å². The summed E-state index contributed by atoms with van der Waals surface area (Å²) in [5.41, 5.74) is 4.01. The van der Waals surface area contributed by atoms with Crippen LogP contribution in [0.1, 0.15) is 31.4 Å². The molecule has 0 spiro atoms. The third-order valence-corrected chi connectivity index (χ3v) is 5.30. The van der Waals surface area contributed by atoms with Gasteiger partial charge in [0.15, 0.2) is 11.2 Å². The molecule has 1 aliphatic heterocycles. The zero-order valence-electron chi connectivity index (χ0n) is 19.0. The number of anilines is 3. The molecule has 4 rings (SSSR count). The zero-order valence-corrected chi connectivity index (χ0v) is 19.0. The van der Waals surface area contributed by atoms with Crippen LogP contribution in [0.15, 0.2) is 52.3 Å². The molecule has 0 aliphatic carbocycles. The van der Waals surface area contributed by atoms with E-state index in [4.69, 9.17) is 4.74 Å². The fraction of sp³-hybridized carbons (Fsp3) is 0.280. The average Bonchev–Trinajstić information content (AvgIpc) is 2.75. The summed E-state index contributed by atoms with van der Waals surface area (Å²) in [6.45, 7) is 9.87. The highest BCUT2D eigenvalue weighted by Crippen LogP contribution is 2.38. The van der Waals surface area contributed by atoms with E-state index < -0.39 is 6.09 Å². The van der Waals surface area contributed by atoms with Crippen molar-refractivity contribution in [1.82, 2.24) is 9.97 Å². The topological polar surface area (TPSA) is 99.7 Å². The molecule has 3 aromatic rings. The van der Waals surface area contributed by atoms with Gasteiger partial charge in [0.1, 0.15) is 5.48 Å². The van der Waals surface area contributed by atoms with Crippen LogP contribution in [-0.2, 0) is 11.2 Å². The minimum atomic E-state index is -0.522. The van der Waals surface area contributed by atoms with Crippen LogP contribution in [0.5, 0.6) is 0 Å². The summed E-state index contributed by atoms with van der Waals surface area (Å²) >= 11 is 0. The summed E-state index contributed by atoms with van der Waals surface area (Å²) in [6, 6.07) is 13.9. The number of benzene rings is 2. The SMILES string of the molecule is C=c1nc2c(c(=O)[nH]1)=Nc1cc(C)c(NC(=O)OC(C)C)cc1N2CCCc1ccccc1. The monoisotopic (exact) mass is 445 g/mol. The van der Waals surface area contributed by atoms with E-state index in [1.807, 2.05) is 42.2 Å². The molecule has 8 heteroatoms. The second-order valence-electron chi connectivity index (χ2n) is 8.27. The van der Waals surface area contributed by atoms with Gasteiger partial charge < -0.3 is 14.6 Å². The molecule has 1 amide bonds. The van der Waals surface area contributed by atoms with Gasteiger partial charge in [-0.05, 0) is 56.9 Å². The summed E-state index contributed by atoms with van der Waals surface area (Å²) in [7, 11) is 0. The predicted octanol–water partition coefficient (Wildman–Crippen LogP) is 3.48. The molecular formula is C25H27N5O3. The molecule has 1 aromatic heterocycles. The molecule has 0 bridgehead atoms. The number of hydrogen-bond donors (Lipinski definition) is 2. The minimum Gasteiger partial charge on any atom is -0.447 e. The Bertz CT molecular complexity index is 1350. The van der Waals surface area contributed by atoms with Gasteiger partial charge >= 0.3 is 6.09 Å². The highest BCUT2D eigenvalue weighted by atomic mass is 16.6. The number of fused-ring (bicyclic) bond motifs is 2. The number of rotatable bonds is 6. The van der Waals surface area contributed by atoms with Crippen molar-refractivity contribution < 1.29 is 9.53 Å². The van der Waals surface area contributed by atoms with Gasteiger partial charge in [0.25, 0.3) is 5.56 Å². The van der Waals surface area contributed by atoms with E-state index >= 15 is 0 Å². The average molecular weight is 446 g/mol. The maximum atomic E-state index is 12.6. The molecule has 0 unspecified atom stereocenters. The van der Waals surface area contributed by atoms with E-state index in [2.05, 4.69) is 39.0 Å². The lowest BCUT2D eigenvalue weighted by Gasteiger charge is -2.29. The van der Waals surface area contributed by atoms with Gasteiger partial charge in [-0.15, -0.1) is 0 Å². The van der Waals surface area contributed by atoms with Crippen LogP contribution in [0, 0.1) is 6.92 Å². The number of carbonyl (C=O) groups is 1. The molecule has 33 heavy (non-hydrogen) atoms. The van der Waals surface area contributed by atoms with E-state index in [0.717, 1.165) is 24.1 Å². The minimum absolute atomic E-state index is 0.231. The van der Waals surface area contributed by atoms with Crippen molar-refractivity contribution >= 4 is 35.6 Å². The van der Waals surface area contributed by atoms with Crippen LogP contribution in [-0.4, -0.2) is 28.7 Å². The van der Waals surface area contributed by atoms with Gasteiger partial charge in [-0.3, -0.25) is 10.1 Å². The quantitative estimate of drug-likeness (QED) is 0.605. The number of amides is 1. The van der Waals surface area contributed by atoms with Gasteiger partial charge in [0.2, 0.25) is 0 Å². The lowest BCUT2D eigenvalue weighted by molar-refractivity contribution is 0.130. The van der Waals surface area contributed by atoms with Crippen LogP contribution in [0.25, 0.3) is 6.58 Å². The third kappa shape index (κ3) is 4.95. The Morgan fingerprint density at radius 3 is 2.73 bits per heavy atom. The second kappa shape index (κ2) is 9.28. The van der Waals surface area contributed by atoms with E-state index in [-0.39, 0.29) is 22.5 Å². The Kier molecular flexibility index (Phi) is 6.26. The Balaban J connectivity index is 1.72. The second-order valence-corrected chi connectivity index (χ2v) is 8.27. The summed E-state index contributed by atoms with van der Waals surface area (Å²) in [6.07, 6.45) is 0.949. The molecule has 2 N–H and O–H groups in total. The summed E-state index contributed by atoms with van der Waals surface area (Å²) in [5, 5.41) is 3.07. The Morgan fingerprint density at radius 1 is 1.24 bits per heavy atom. The number of H-pyrrole nitrogens is 1. The number of carbonyl (C=O) groups excluding carboxylic acids is 1. The standard InChI is InChI=1S/C25H27N5O3/c1-15(2)33-25(32)29-19-14-21-20(13-16(19)3)28-22-23(26-17(4)27-24(22)31)30(21)12-8-11-18-9-6-5-7-10-18/h5-7,9-10,13-15H,4,8,11-12H2,1-3H3,(H,27,31)(H,29,32). The van der Waals surface area contributed by atoms with E-state index in [1.165, 1.54) is 5.56 Å². The number of ether oxygens (including phenoxy) is 1. The fourth-order valence-electron chi connectivity index (χ4n) is 3.81. The smallest absolute Gasteiger partial charge is 0.411 e. The normalized spacial score (nSPS) is 12.1. The van der Waals surface area contributed by atoms with E-state index in [1.54, 1.807) is 13.8 Å². The number of nitrogens with zero attached hydrogens (tertiary/aromatic N) is 3. The first kappa shape index (κ1) is 22.3. The lowest BCUT2D eigenvalue weighted by Crippen LogP contribution is -2.42. The maximum Gasteiger partial charge on any atom is 0.411 e. The molecule has 0 saturated heterocycles. The largest absolute Gasteiger partial charge is 0.447 e. The number of aryl methyl sites for hydroxylation is 2. The van der Waals surface area contributed by atoms with Crippen molar-refractivity contribution in [1.29, 1.82) is 0 Å². The van der Waals surface area contributed by atoms with E-state index in [9.17, 15) is 9.59 Å². The molecule has 2 aromatic carbocycles. The molecule has 170 valence electrons. The first-order valence-corrected chi connectivity index (χ1v) is 10.9. The molecule has 0 saturated carbocycles. The van der Waals surface area contributed by atoms with Gasteiger partial charge in [-0.1, -0.05) is 36.9 Å². The summed E-state index contributed by atoms with van der Waals surface area (Å²) < 4.78 is 5.23. The Hall–Kier alpha value is -3.94. The first-order valence-electron chi connectivity index (χ1n) is 10.9. The van der Waals surface area contributed by atoms with Crippen LogP contribution in [0.4, 0.5) is 27.7 Å². The van der Waals surface area contributed by atoms with Gasteiger partial charge in [-0.25, -0.2) is 14.8 Å². The lowest BCUT2D eigenvalue weighted by atomic mass is 10.1. The molecule has 0 atom stereocenters. The van der Waals surface area contributed by atoms with Crippen molar-refractivity contribution in [2.45, 2.75) is 39.7 Å². The van der Waals surface area contributed by atoms with Gasteiger partial charge in [-0.2, -0.15) is 0 Å². The molecule has 2 heterocycles.